The molecule has 1 aromatic rings. The van der Waals surface area contributed by atoms with E-state index in [4.69, 9.17) is 21.4 Å². The monoisotopic (exact) mass is 250 g/mol. The summed E-state index contributed by atoms with van der Waals surface area (Å²) in [6, 6.07) is 2.18. The van der Waals surface area contributed by atoms with Gasteiger partial charge in [-0.15, -0.1) is 0 Å². The van der Waals surface area contributed by atoms with E-state index in [-0.39, 0.29) is 10.8 Å². The fourth-order valence-corrected chi connectivity index (χ4v) is 1.35. The van der Waals surface area contributed by atoms with Gasteiger partial charge in [0.2, 0.25) is 0 Å². The molecular formula is C10H9ClF2O3. The molecule has 3 nitrogen and oxygen atoms in total. The third-order valence-electron chi connectivity index (χ3n) is 2.09. The first-order valence-electron chi connectivity index (χ1n) is 4.26. The Balaban J connectivity index is 3.43. The van der Waals surface area contributed by atoms with Crippen LogP contribution in [-0.2, 0) is 10.7 Å². The van der Waals surface area contributed by atoms with Crippen LogP contribution in [0.5, 0.6) is 5.75 Å². The molecule has 0 spiro atoms. The van der Waals surface area contributed by atoms with E-state index in [2.05, 4.69) is 0 Å². The predicted molar refractivity (Wildman–Crippen MR) is 54.3 cm³/mol. The van der Waals surface area contributed by atoms with Crippen molar-refractivity contribution < 1.29 is 23.4 Å². The summed E-state index contributed by atoms with van der Waals surface area (Å²) in [6.45, 7) is 1.60. The predicted octanol–water partition coefficient (Wildman–Crippen LogP) is 2.83. The summed E-state index contributed by atoms with van der Waals surface area (Å²) < 4.78 is 31.3. The molecule has 0 unspecified atom stereocenters. The molecule has 0 heterocycles. The number of aliphatic carboxylic acids is 1. The van der Waals surface area contributed by atoms with Gasteiger partial charge in [-0.2, -0.15) is 8.78 Å². The van der Waals surface area contributed by atoms with Gasteiger partial charge in [0, 0.05) is 5.02 Å². The summed E-state index contributed by atoms with van der Waals surface area (Å²) in [5.41, 5.74) is -0.221. The number of carboxylic acids is 1. The largest absolute Gasteiger partial charge is 0.496 e. The van der Waals surface area contributed by atoms with E-state index in [1.165, 1.54) is 13.2 Å². The molecule has 0 atom stereocenters. The second kappa shape index (κ2) is 4.25. The first kappa shape index (κ1) is 12.7. The Hall–Kier alpha value is -1.36. The quantitative estimate of drug-likeness (QED) is 0.897. The van der Waals surface area contributed by atoms with E-state index in [1.54, 1.807) is 6.92 Å². The van der Waals surface area contributed by atoms with Crippen LogP contribution in [0.3, 0.4) is 0 Å². The Morgan fingerprint density at radius 3 is 2.50 bits per heavy atom. The average Bonchev–Trinajstić information content (AvgIpc) is 2.20. The fourth-order valence-electron chi connectivity index (χ4n) is 1.18. The first-order valence-corrected chi connectivity index (χ1v) is 4.64. The highest BCUT2D eigenvalue weighted by Crippen LogP contribution is 2.38. The van der Waals surface area contributed by atoms with Crippen molar-refractivity contribution in [3.63, 3.8) is 0 Å². The Labute approximate surface area is 95.6 Å². The van der Waals surface area contributed by atoms with E-state index in [0.29, 0.717) is 5.56 Å². The van der Waals surface area contributed by atoms with Gasteiger partial charge in [0.05, 0.1) is 12.7 Å². The highest BCUT2D eigenvalue weighted by atomic mass is 35.5. The maximum atomic E-state index is 13.3. The van der Waals surface area contributed by atoms with E-state index in [0.717, 1.165) is 6.07 Å². The molecule has 0 saturated carbocycles. The Morgan fingerprint density at radius 2 is 2.06 bits per heavy atom. The van der Waals surface area contributed by atoms with Crippen molar-refractivity contribution in [3.05, 3.63) is 28.3 Å². The SMILES string of the molecule is COc1cc(C)c(Cl)cc1C(F)(F)C(=O)O. The molecule has 1 rings (SSSR count). The van der Waals surface area contributed by atoms with Crippen molar-refractivity contribution in [1.82, 2.24) is 0 Å². The van der Waals surface area contributed by atoms with Crippen LogP contribution in [-0.4, -0.2) is 18.2 Å². The van der Waals surface area contributed by atoms with Crippen LogP contribution >= 0.6 is 11.6 Å². The molecule has 0 amide bonds. The number of halogens is 3. The first-order chi connectivity index (χ1) is 7.30. The van der Waals surface area contributed by atoms with Crippen LogP contribution in [0.15, 0.2) is 12.1 Å². The molecule has 0 aliphatic heterocycles. The van der Waals surface area contributed by atoms with Crippen LogP contribution < -0.4 is 4.74 Å². The minimum Gasteiger partial charge on any atom is -0.496 e. The molecule has 88 valence electrons. The topological polar surface area (TPSA) is 46.5 Å². The van der Waals surface area contributed by atoms with Crippen molar-refractivity contribution in [2.24, 2.45) is 0 Å². The Morgan fingerprint density at radius 1 is 1.50 bits per heavy atom. The molecule has 0 aromatic heterocycles. The van der Waals surface area contributed by atoms with Crippen LogP contribution in [0, 0.1) is 6.92 Å². The van der Waals surface area contributed by atoms with Gasteiger partial charge in [-0.25, -0.2) is 4.79 Å². The minimum atomic E-state index is -4.03. The number of carbonyl (C=O) groups is 1. The number of methoxy groups -OCH3 is 1. The molecule has 0 saturated heterocycles. The number of aryl methyl sites for hydroxylation is 1. The third-order valence-corrected chi connectivity index (χ3v) is 2.49. The Kier molecular flexibility index (Phi) is 3.38. The lowest BCUT2D eigenvalue weighted by Gasteiger charge is -2.16. The van der Waals surface area contributed by atoms with Gasteiger partial charge in [-0.05, 0) is 24.6 Å². The number of hydrogen-bond acceptors (Lipinski definition) is 2. The molecule has 0 fully saturated rings. The molecule has 0 aliphatic rings. The number of carboxylic acid groups (broad SMARTS) is 1. The maximum absolute atomic E-state index is 13.3. The van der Waals surface area contributed by atoms with Gasteiger partial charge in [-0.1, -0.05) is 11.6 Å². The summed E-state index contributed by atoms with van der Waals surface area (Å²) in [5, 5.41) is 8.49. The van der Waals surface area contributed by atoms with E-state index >= 15 is 0 Å². The van der Waals surface area contributed by atoms with E-state index in [1.807, 2.05) is 0 Å². The highest BCUT2D eigenvalue weighted by Gasteiger charge is 2.43. The molecule has 0 aliphatic carbocycles. The number of benzene rings is 1. The van der Waals surface area contributed by atoms with E-state index < -0.39 is 17.5 Å². The van der Waals surface area contributed by atoms with Crippen molar-refractivity contribution in [2.45, 2.75) is 12.8 Å². The van der Waals surface area contributed by atoms with Crippen molar-refractivity contribution in [2.75, 3.05) is 7.11 Å². The zero-order valence-corrected chi connectivity index (χ0v) is 9.31. The lowest BCUT2D eigenvalue weighted by molar-refractivity contribution is -0.166. The van der Waals surface area contributed by atoms with Crippen LogP contribution in [0.25, 0.3) is 0 Å². The zero-order chi connectivity index (χ0) is 12.5. The molecule has 1 N–H and O–H groups in total. The minimum absolute atomic E-state index is 0.0664. The summed E-state index contributed by atoms with van der Waals surface area (Å²) >= 11 is 5.67. The summed E-state index contributed by atoms with van der Waals surface area (Å²) in [7, 11) is 1.18. The third kappa shape index (κ3) is 2.09. The van der Waals surface area contributed by atoms with E-state index in [9.17, 15) is 13.6 Å². The van der Waals surface area contributed by atoms with Gasteiger partial charge in [0.15, 0.2) is 0 Å². The average molecular weight is 251 g/mol. The van der Waals surface area contributed by atoms with Gasteiger partial charge in [0.1, 0.15) is 5.75 Å². The maximum Gasteiger partial charge on any atom is 0.379 e. The molecule has 0 bridgehead atoms. The molecule has 16 heavy (non-hydrogen) atoms. The van der Waals surface area contributed by atoms with Crippen LogP contribution in [0.1, 0.15) is 11.1 Å². The van der Waals surface area contributed by atoms with Gasteiger partial charge in [0.25, 0.3) is 0 Å². The van der Waals surface area contributed by atoms with Gasteiger partial charge < -0.3 is 9.84 Å². The number of ether oxygens (including phenoxy) is 1. The lowest BCUT2D eigenvalue weighted by Crippen LogP contribution is -2.26. The van der Waals surface area contributed by atoms with Crippen LogP contribution in [0.4, 0.5) is 8.78 Å². The van der Waals surface area contributed by atoms with Gasteiger partial charge >= 0.3 is 11.9 Å². The summed E-state index contributed by atoms with van der Waals surface area (Å²) in [6.07, 6.45) is 0. The summed E-state index contributed by atoms with van der Waals surface area (Å²) in [4.78, 5) is 10.4. The zero-order valence-electron chi connectivity index (χ0n) is 8.55. The molecule has 6 heteroatoms. The highest BCUT2D eigenvalue weighted by molar-refractivity contribution is 6.31. The Bertz CT molecular complexity index is 432. The number of alkyl halides is 2. The lowest BCUT2D eigenvalue weighted by atomic mass is 10.0. The number of rotatable bonds is 3. The smallest absolute Gasteiger partial charge is 0.379 e. The van der Waals surface area contributed by atoms with Crippen molar-refractivity contribution >= 4 is 17.6 Å². The second-order valence-electron chi connectivity index (χ2n) is 3.18. The molecule has 1 aromatic carbocycles. The number of hydrogen-bond donors (Lipinski definition) is 1. The van der Waals surface area contributed by atoms with Gasteiger partial charge in [-0.3, -0.25) is 0 Å². The second-order valence-corrected chi connectivity index (χ2v) is 3.59. The standard InChI is InChI=1S/C10H9ClF2O3/c1-5-3-8(16-2)6(4-7(5)11)10(12,13)9(14)15/h3-4H,1-2H3,(H,14,15). The van der Waals surface area contributed by atoms with Crippen LogP contribution in [0.2, 0.25) is 5.02 Å². The molecule has 0 radical (unpaired) electrons. The fraction of sp³-hybridized carbons (Fsp3) is 0.300. The van der Waals surface area contributed by atoms with Crippen molar-refractivity contribution in [1.29, 1.82) is 0 Å². The normalized spacial score (nSPS) is 11.3. The molecular weight excluding hydrogens is 242 g/mol. The summed E-state index contributed by atoms with van der Waals surface area (Å²) in [5.74, 6) is -6.47. The van der Waals surface area contributed by atoms with Crippen molar-refractivity contribution in [3.8, 4) is 5.75 Å².